The van der Waals surface area contributed by atoms with Gasteiger partial charge in [-0.05, 0) is 44.0 Å². The fraction of sp³-hybridized carbons (Fsp3) is 0.480. The number of benzene rings is 1. The van der Waals surface area contributed by atoms with Crippen LogP contribution in [0, 0.1) is 6.92 Å². The van der Waals surface area contributed by atoms with Gasteiger partial charge in [0.2, 0.25) is 17.8 Å². The molecule has 2 saturated heterocycles. The molecule has 0 bridgehead atoms. The van der Waals surface area contributed by atoms with E-state index in [2.05, 4.69) is 25.3 Å². The Morgan fingerprint density at radius 1 is 0.829 bits per heavy atom. The summed E-state index contributed by atoms with van der Waals surface area (Å²) in [6.45, 7) is 4.00. The van der Waals surface area contributed by atoms with Crippen molar-refractivity contribution in [3.8, 4) is 0 Å². The van der Waals surface area contributed by atoms with Crippen LogP contribution in [0.3, 0.4) is 0 Å². The summed E-state index contributed by atoms with van der Waals surface area (Å²) in [4.78, 5) is 26.2. The predicted octanol–water partition coefficient (Wildman–Crippen LogP) is -0.732. The van der Waals surface area contributed by atoms with E-state index in [1.807, 2.05) is 9.80 Å². The van der Waals surface area contributed by atoms with Gasteiger partial charge in [0.25, 0.3) is 10.0 Å². The molecule has 9 N–H and O–H groups in total. The maximum absolute atomic E-state index is 13.2. The summed E-state index contributed by atoms with van der Waals surface area (Å²) in [7, 11) is -2.40. The molecule has 16 heteroatoms. The first-order valence-electron chi connectivity index (χ1n) is 13.4. The number of aromatic nitrogens is 5. The maximum Gasteiger partial charge on any atom is 0.265 e. The third kappa shape index (κ3) is 6.62. The van der Waals surface area contributed by atoms with Gasteiger partial charge in [-0.25, -0.2) is 18.4 Å². The summed E-state index contributed by atoms with van der Waals surface area (Å²) < 4.78 is 27.6. The van der Waals surface area contributed by atoms with Crippen molar-refractivity contribution in [3.63, 3.8) is 0 Å². The maximum atomic E-state index is 13.2. The Labute approximate surface area is 239 Å². The molecular weight excluding hydrogens is 546 g/mol. The fourth-order valence-electron chi connectivity index (χ4n) is 5.11. The first-order chi connectivity index (χ1) is 19.5. The second kappa shape index (κ2) is 11.7. The highest BCUT2D eigenvalue weighted by Crippen LogP contribution is 2.26. The predicted molar refractivity (Wildman–Crippen MR) is 157 cm³/mol. The van der Waals surface area contributed by atoms with Crippen LogP contribution >= 0.6 is 0 Å². The van der Waals surface area contributed by atoms with Crippen LogP contribution in [-0.4, -0.2) is 90.7 Å². The molecule has 0 saturated carbocycles. The molecule has 4 atom stereocenters. The molecule has 0 radical (unpaired) electrons. The Morgan fingerprint density at radius 3 is 1.83 bits per heavy atom. The van der Waals surface area contributed by atoms with Gasteiger partial charge in [0.05, 0.1) is 4.90 Å². The number of sulfonamides is 1. The van der Waals surface area contributed by atoms with Crippen molar-refractivity contribution in [2.45, 2.75) is 48.8 Å². The Morgan fingerprint density at radius 2 is 1.34 bits per heavy atom. The highest BCUT2D eigenvalue weighted by Gasteiger charge is 2.29. The molecular formula is C25H37N13O2S. The number of anilines is 5. The van der Waals surface area contributed by atoms with E-state index < -0.39 is 10.0 Å². The van der Waals surface area contributed by atoms with Crippen LogP contribution in [0.4, 0.5) is 29.4 Å². The molecule has 0 unspecified atom stereocenters. The number of rotatable bonds is 7. The summed E-state index contributed by atoms with van der Waals surface area (Å²) in [5, 5.41) is 3.19. The highest BCUT2D eigenvalue weighted by atomic mass is 32.2. The zero-order valence-corrected chi connectivity index (χ0v) is 23.9. The second-order valence-corrected chi connectivity index (χ2v) is 12.7. The van der Waals surface area contributed by atoms with Crippen LogP contribution in [-0.2, 0) is 10.0 Å². The number of nitrogens with two attached hydrogens (primary N) is 4. The Hall–Kier alpha value is -3.70. The molecule has 2 aromatic heterocycles. The van der Waals surface area contributed by atoms with E-state index in [0.717, 1.165) is 17.1 Å². The topological polar surface area (TPSA) is 224 Å². The number of nitrogens with zero attached hydrogens (tertiary/aromatic N) is 8. The minimum Gasteiger partial charge on any atom is -0.338 e. The van der Waals surface area contributed by atoms with Crippen molar-refractivity contribution in [2.75, 3.05) is 52.6 Å². The number of aryl methyl sites for hydroxylation is 1. The summed E-state index contributed by atoms with van der Waals surface area (Å²) in [6, 6.07) is 7.50. The van der Waals surface area contributed by atoms with Gasteiger partial charge in [0.15, 0.2) is 0 Å². The molecule has 41 heavy (non-hydrogen) atoms. The second-order valence-electron chi connectivity index (χ2n) is 10.7. The average Bonchev–Trinajstić information content (AvgIpc) is 2.91. The van der Waals surface area contributed by atoms with Crippen LogP contribution in [0.1, 0.15) is 18.5 Å². The van der Waals surface area contributed by atoms with Gasteiger partial charge in [-0.3, -0.25) is 4.31 Å². The third-order valence-corrected chi connectivity index (χ3v) is 8.86. The number of piperidine rings is 2. The molecule has 0 amide bonds. The van der Waals surface area contributed by atoms with Gasteiger partial charge >= 0.3 is 0 Å². The van der Waals surface area contributed by atoms with Crippen LogP contribution in [0.15, 0.2) is 41.6 Å². The van der Waals surface area contributed by atoms with E-state index in [1.165, 1.54) is 25.5 Å². The van der Waals surface area contributed by atoms with E-state index >= 15 is 0 Å². The summed E-state index contributed by atoms with van der Waals surface area (Å²) >= 11 is 0. The van der Waals surface area contributed by atoms with Crippen LogP contribution in [0.2, 0.25) is 0 Å². The zero-order valence-electron chi connectivity index (χ0n) is 23.1. The van der Waals surface area contributed by atoms with Gasteiger partial charge in [0.1, 0.15) is 12.1 Å². The molecule has 2 aliphatic rings. The summed E-state index contributed by atoms with van der Waals surface area (Å²) in [5.41, 5.74) is 26.2. The number of hydrogen-bond acceptors (Lipinski definition) is 14. The Bertz CT molecular complexity index is 1410. The van der Waals surface area contributed by atoms with Crippen molar-refractivity contribution >= 4 is 39.4 Å². The minimum atomic E-state index is -3.85. The lowest BCUT2D eigenvalue weighted by Gasteiger charge is -2.37. The van der Waals surface area contributed by atoms with Crippen LogP contribution < -0.4 is 42.4 Å². The quantitative estimate of drug-likeness (QED) is 0.231. The van der Waals surface area contributed by atoms with Crippen molar-refractivity contribution < 1.29 is 8.42 Å². The SMILES string of the molecule is Cc1cc(N(C)S(=O)(=O)c2ccc(Nc3nc(N4C[C@H](N)C[C@H](N)C4)nc(N4C[C@H](N)C[C@H](N)C4)n3)cc2)ncn1. The smallest absolute Gasteiger partial charge is 0.265 e. The first kappa shape index (κ1) is 28.8. The van der Waals surface area contributed by atoms with Gasteiger partial charge < -0.3 is 38.1 Å². The van der Waals surface area contributed by atoms with Crippen molar-refractivity contribution in [3.05, 3.63) is 42.4 Å². The van der Waals surface area contributed by atoms with Crippen molar-refractivity contribution in [2.24, 2.45) is 22.9 Å². The molecule has 3 aromatic rings. The highest BCUT2D eigenvalue weighted by molar-refractivity contribution is 7.92. The molecule has 2 aliphatic heterocycles. The fourth-order valence-corrected chi connectivity index (χ4v) is 6.25. The number of hydrogen-bond donors (Lipinski definition) is 5. The summed E-state index contributed by atoms with van der Waals surface area (Å²) in [5.74, 6) is 1.45. The van der Waals surface area contributed by atoms with Gasteiger partial charge in [-0.1, -0.05) is 0 Å². The Kier molecular flexibility index (Phi) is 8.19. The monoisotopic (exact) mass is 583 g/mol. The van der Waals surface area contributed by atoms with E-state index in [9.17, 15) is 8.42 Å². The first-order valence-corrected chi connectivity index (χ1v) is 14.8. The normalized spacial score (nSPS) is 23.4. The lowest BCUT2D eigenvalue weighted by atomic mass is 10.0. The van der Waals surface area contributed by atoms with Crippen LogP contribution in [0.25, 0.3) is 0 Å². The van der Waals surface area contributed by atoms with E-state index in [-0.39, 0.29) is 40.8 Å². The number of nitrogens with one attached hydrogen (secondary N) is 1. The minimum absolute atomic E-state index is 0.103. The lowest BCUT2D eigenvalue weighted by Crippen LogP contribution is -2.54. The molecule has 4 heterocycles. The molecule has 0 spiro atoms. The molecule has 2 fully saturated rings. The molecule has 5 rings (SSSR count). The van der Waals surface area contributed by atoms with Gasteiger partial charge in [-0.15, -0.1) is 0 Å². The van der Waals surface area contributed by atoms with Gasteiger partial charge in [0, 0.05) is 74.8 Å². The van der Waals surface area contributed by atoms with Crippen molar-refractivity contribution in [1.29, 1.82) is 0 Å². The van der Waals surface area contributed by atoms with E-state index in [4.69, 9.17) is 27.9 Å². The summed E-state index contributed by atoms with van der Waals surface area (Å²) in [6.07, 6.45) is 2.77. The van der Waals surface area contributed by atoms with E-state index in [0.29, 0.717) is 49.5 Å². The zero-order chi connectivity index (χ0) is 29.3. The third-order valence-electron chi connectivity index (χ3n) is 7.09. The van der Waals surface area contributed by atoms with E-state index in [1.54, 1.807) is 25.1 Å². The van der Waals surface area contributed by atoms with Gasteiger partial charge in [-0.2, -0.15) is 15.0 Å². The molecule has 220 valence electrons. The standard InChI is InChI=1S/C25H37N13O2S/c1-15-7-22(31-14-30-15)36(2)41(39,40)21-5-3-20(4-6-21)32-23-33-24(37-10-16(26)8-17(27)11-37)35-25(34-23)38-12-18(28)9-19(29)13-38/h3-7,14,16-19H,8-13,26-29H2,1-2H3,(H,32,33,34,35)/t16-,17+,18-,19+. The molecule has 15 nitrogen and oxygen atoms in total. The van der Waals surface area contributed by atoms with Crippen molar-refractivity contribution in [1.82, 2.24) is 24.9 Å². The molecule has 1 aromatic carbocycles. The molecule has 0 aliphatic carbocycles. The lowest BCUT2D eigenvalue weighted by molar-refractivity contribution is 0.441. The Balaban J connectivity index is 1.41. The largest absolute Gasteiger partial charge is 0.338 e. The van der Waals surface area contributed by atoms with Crippen LogP contribution in [0.5, 0.6) is 0 Å². The average molecular weight is 584 g/mol.